The van der Waals surface area contributed by atoms with Gasteiger partial charge in [0.1, 0.15) is 17.1 Å². The third-order valence-corrected chi connectivity index (χ3v) is 4.65. The van der Waals surface area contributed by atoms with Gasteiger partial charge >= 0.3 is 5.69 Å². The van der Waals surface area contributed by atoms with Crippen molar-refractivity contribution in [1.82, 2.24) is 14.1 Å². The molecule has 4 rings (SSSR count). The molecule has 0 fully saturated rings. The van der Waals surface area contributed by atoms with Gasteiger partial charge in [0, 0.05) is 26.0 Å². The van der Waals surface area contributed by atoms with E-state index >= 15 is 0 Å². The van der Waals surface area contributed by atoms with Gasteiger partial charge in [0.05, 0.1) is 10.9 Å². The Labute approximate surface area is 171 Å². The standard InChI is InChI=1S/C22H18N4O4/c1-25-19-18(21(28)26(2)22(25)29)12-14(13-23-19)20(27)24-15-8-10-17(11-9-15)30-16-6-4-3-5-7-16/h3-13H,1-2H3,(H,24,27). The summed E-state index contributed by atoms with van der Waals surface area (Å²) in [6, 6.07) is 17.7. The summed E-state index contributed by atoms with van der Waals surface area (Å²) in [6.45, 7) is 0. The Morgan fingerprint density at radius 3 is 2.30 bits per heavy atom. The second-order valence-corrected chi connectivity index (χ2v) is 6.69. The number of hydrogen-bond acceptors (Lipinski definition) is 5. The Morgan fingerprint density at radius 1 is 0.933 bits per heavy atom. The Bertz CT molecular complexity index is 1360. The third-order valence-electron chi connectivity index (χ3n) is 4.65. The maximum Gasteiger partial charge on any atom is 0.332 e. The van der Waals surface area contributed by atoms with Crippen molar-refractivity contribution < 1.29 is 9.53 Å². The van der Waals surface area contributed by atoms with Gasteiger partial charge in [0.25, 0.3) is 11.5 Å². The molecular weight excluding hydrogens is 384 g/mol. The molecular formula is C22H18N4O4. The summed E-state index contributed by atoms with van der Waals surface area (Å²) in [5.41, 5.74) is 0.0199. The number of benzene rings is 2. The molecule has 0 bridgehead atoms. The van der Waals surface area contributed by atoms with Crippen molar-refractivity contribution in [3.8, 4) is 11.5 Å². The van der Waals surface area contributed by atoms with Crippen LogP contribution in [0.3, 0.4) is 0 Å². The number of aromatic nitrogens is 3. The molecule has 0 aliphatic rings. The molecule has 4 aromatic rings. The molecule has 30 heavy (non-hydrogen) atoms. The van der Waals surface area contributed by atoms with Crippen LogP contribution in [-0.2, 0) is 14.1 Å². The van der Waals surface area contributed by atoms with E-state index < -0.39 is 17.2 Å². The molecule has 0 radical (unpaired) electrons. The van der Waals surface area contributed by atoms with Gasteiger partial charge in [-0.2, -0.15) is 0 Å². The first-order valence-electron chi connectivity index (χ1n) is 9.14. The van der Waals surface area contributed by atoms with Crippen LogP contribution >= 0.6 is 0 Å². The Morgan fingerprint density at radius 2 is 1.60 bits per heavy atom. The zero-order chi connectivity index (χ0) is 21.3. The number of pyridine rings is 1. The third kappa shape index (κ3) is 3.58. The maximum absolute atomic E-state index is 12.6. The van der Waals surface area contributed by atoms with Gasteiger partial charge in [-0.05, 0) is 42.5 Å². The van der Waals surface area contributed by atoms with E-state index in [1.807, 2.05) is 30.3 Å². The molecule has 2 heterocycles. The molecule has 0 aliphatic carbocycles. The van der Waals surface area contributed by atoms with Gasteiger partial charge < -0.3 is 10.1 Å². The number of nitrogens with zero attached hydrogens (tertiary/aromatic N) is 3. The van der Waals surface area contributed by atoms with Crippen LogP contribution in [0.5, 0.6) is 11.5 Å². The van der Waals surface area contributed by atoms with E-state index in [2.05, 4.69) is 10.3 Å². The zero-order valence-corrected chi connectivity index (χ0v) is 16.3. The summed E-state index contributed by atoms with van der Waals surface area (Å²) in [4.78, 5) is 41.1. The highest BCUT2D eigenvalue weighted by Gasteiger charge is 2.14. The van der Waals surface area contributed by atoms with Crippen LogP contribution in [0.15, 0.2) is 76.4 Å². The van der Waals surface area contributed by atoms with Crippen LogP contribution < -0.4 is 21.3 Å². The summed E-state index contributed by atoms with van der Waals surface area (Å²) in [5, 5.41) is 2.96. The molecule has 150 valence electrons. The van der Waals surface area contributed by atoms with E-state index in [0.29, 0.717) is 17.2 Å². The second-order valence-electron chi connectivity index (χ2n) is 6.69. The van der Waals surface area contributed by atoms with Gasteiger partial charge in [0.15, 0.2) is 0 Å². The van der Waals surface area contributed by atoms with E-state index in [4.69, 9.17) is 4.74 Å². The maximum atomic E-state index is 12.6. The Hall–Kier alpha value is -4.20. The number of carbonyl (C=O) groups excluding carboxylic acids is 1. The topological polar surface area (TPSA) is 95.2 Å². The minimum absolute atomic E-state index is 0.193. The fourth-order valence-electron chi connectivity index (χ4n) is 3.02. The largest absolute Gasteiger partial charge is 0.457 e. The Kier molecular flexibility index (Phi) is 4.89. The fraction of sp³-hybridized carbons (Fsp3) is 0.0909. The average Bonchev–Trinajstić information content (AvgIpc) is 2.78. The van der Waals surface area contributed by atoms with E-state index in [9.17, 15) is 14.4 Å². The number of rotatable bonds is 4. The van der Waals surface area contributed by atoms with Gasteiger partial charge in [-0.15, -0.1) is 0 Å². The average molecular weight is 402 g/mol. The fourth-order valence-corrected chi connectivity index (χ4v) is 3.02. The highest BCUT2D eigenvalue weighted by atomic mass is 16.5. The molecule has 0 aliphatic heterocycles. The van der Waals surface area contributed by atoms with E-state index in [-0.39, 0.29) is 16.6 Å². The van der Waals surface area contributed by atoms with E-state index in [1.54, 1.807) is 24.3 Å². The number of amides is 1. The zero-order valence-electron chi connectivity index (χ0n) is 16.3. The van der Waals surface area contributed by atoms with Crippen LogP contribution in [0.25, 0.3) is 11.0 Å². The lowest BCUT2D eigenvalue weighted by Gasteiger charge is -2.10. The lowest BCUT2D eigenvalue weighted by atomic mass is 10.2. The monoisotopic (exact) mass is 402 g/mol. The predicted octanol–water partition coefficient (Wildman–Crippen LogP) is 2.68. The number of nitrogens with one attached hydrogen (secondary N) is 1. The van der Waals surface area contributed by atoms with Gasteiger partial charge in [-0.3, -0.25) is 18.7 Å². The number of aryl methyl sites for hydroxylation is 1. The predicted molar refractivity (Wildman–Crippen MR) is 113 cm³/mol. The van der Waals surface area contributed by atoms with Gasteiger partial charge in [-0.1, -0.05) is 18.2 Å². The first kappa shape index (κ1) is 19.1. The van der Waals surface area contributed by atoms with E-state index in [0.717, 1.165) is 4.57 Å². The summed E-state index contributed by atoms with van der Waals surface area (Å²) < 4.78 is 7.98. The quantitative estimate of drug-likeness (QED) is 0.566. The molecule has 1 N–H and O–H groups in total. The van der Waals surface area contributed by atoms with Crippen molar-refractivity contribution in [2.75, 3.05) is 5.32 Å². The van der Waals surface area contributed by atoms with Gasteiger partial charge in [-0.25, -0.2) is 9.78 Å². The van der Waals surface area contributed by atoms with Gasteiger partial charge in [0.2, 0.25) is 0 Å². The summed E-state index contributed by atoms with van der Waals surface area (Å²) in [7, 11) is 2.91. The summed E-state index contributed by atoms with van der Waals surface area (Å²) in [5.74, 6) is 0.931. The van der Waals surface area contributed by atoms with Crippen LogP contribution in [-0.4, -0.2) is 20.0 Å². The number of anilines is 1. The Balaban J connectivity index is 1.56. The van der Waals surface area contributed by atoms with Crippen molar-refractivity contribution in [2.24, 2.45) is 14.1 Å². The molecule has 0 atom stereocenters. The van der Waals surface area contributed by atoms with Crippen molar-refractivity contribution in [3.05, 3.63) is 93.3 Å². The highest BCUT2D eigenvalue weighted by Crippen LogP contribution is 2.23. The van der Waals surface area contributed by atoms with Crippen molar-refractivity contribution >= 4 is 22.6 Å². The number of ether oxygens (including phenoxy) is 1. The lowest BCUT2D eigenvalue weighted by Crippen LogP contribution is -2.37. The summed E-state index contributed by atoms with van der Waals surface area (Å²) >= 11 is 0. The van der Waals surface area contributed by atoms with E-state index in [1.165, 1.54) is 30.9 Å². The molecule has 1 amide bonds. The first-order chi connectivity index (χ1) is 14.4. The number of carbonyl (C=O) groups is 1. The highest BCUT2D eigenvalue weighted by molar-refractivity contribution is 6.05. The molecule has 0 saturated heterocycles. The lowest BCUT2D eigenvalue weighted by molar-refractivity contribution is 0.102. The molecule has 0 spiro atoms. The number of fused-ring (bicyclic) bond motifs is 1. The molecule has 8 nitrogen and oxygen atoms in total. The molecule has 0 unspecified atom stereocenters. The second kappa shape index (κ2) is 7.67. The van der Waals surface area contributed by atoms with Crippen molar-refractivity contribution in [1.29, 1.82) is 0 Å². The van der Waals surface area contributed by atoms with Crippen LogP contribution in [0, 0.1) is 0 Å². The first-order valence-corrected chi connectivity index (χ1v) is 9.14. The van der Waals surface area contributed by atoms with Crippen molar-refractivity contribution in [3.63, 3.8) is 0 Å². The minimum atomic E-state index is -0.502. The molecule has 2 aromatic carbocycles. The smallest absolute Gasteiger partial charge is 0.332 e. The van der Waals surface area contributed by atoms with Crippen LogP contribution in [0.1, 0.15) is 10.4 Å². The van der Waals surface area contributed by atoms with Crippen LogP contribution in [0.2, 0.25) is 0 Å². The minimum Gasteiger partial charge on any atom is -0.457 e. The number of para-hydroxylation sites is 1. The van der Waals surface area contributed by atoms with Crippen LogP contribution in [0.4, 0.5) is 5.69 Å². The summed E-state index contributed by atoms with van der Waals surface area (Å²) in [6.07, 6.45) is 1.34. The van der Waals surface area contributed by atoms with Crippen molar-refractivity contribution in [2.45, 2.75) is 0 Å². The molecule has 2 aromatic heterocycles. The molecule has 8 heteroatoms. The normalized spacial score (nSPS) is 10.7. The molecule has 0 saturated carbocycles. The SMILES string of the molecule is Cn1c(=O)c2cc(C(=O)Nc3ccc(Oc4ccccc4)cc3)cnc2n(C)c1=O. The number of hydrogen-bond donors (Lipinski definition) is 1.